The second-order valence-corrected chi connectivity index (χ2v) is 4.13. The molecule has 1 aromatic rings. The Balaban J connectivity index is 1.67. The molecular formula is C12H18N2O2. The Hall–Kier alpha value is -1.13. The fourth-order valence-corrected chi connectivity index (χ4v) is 1.87. The van der Waals surface area contributed by atoms with Gasteiger partial charge in [0.15, 0.2) is 0 Å². The molecule has 1 fully saturated rings. The summed E-state index contributed by atoms with van der Waals surface area (Å²) in [6.07, 6.45) is 4.09. The molecule has 0 amide bonds. The van der Waals surface area contributed by atoms with E-state index >= 15 is 0 Å². The molecule has 0 saturated heterocycles. The lowest BCUT2D eigenvalue weighted by Crippen LogP contribution is -2.45. The molecule has 0 radical (unpaired) electrons. The minimum atomic E-state index is 0.212. The van der Waals surface area contributed by atoms with Gasteiger partial charge in [-0.1, -0.05) is 0 Å². The van der Waals surface area contributed by atoms with Gasteiger partial charge in [0.2, 0.25) is 0 Å². The number of aromatic nitrogens is 1. The Morgan fingerprint density at radius 3 is 2.94 bits per heavy atom. The molecule has 0 unspecified atom stereocenters. The summed E-state index contributed by atoms with van der Waals surface area (Å²) >= 11 is 0. The molecule has 0 aliphatic heterocycles. The van der Waals surface area contributed by atoms with E-state index in [2.05, 4.69) is 10.3 Å². The summed E-state index contributed by atoms with van der Waals surface area (Å²) in [5.74, 6) is 0.212. The van der Waals surface area contributed by atoms with Crippen molar-refractivity contribution in [1.82, 2.24) is 10.3 Å². The second-order valence-electron chi connectivity index (χ2n) is 4.13. The van der Waals surface area contributed by atoms with Crippen LogP contribution >= 0.6 is 0 Å². The molecular weight excluding hydrogens is 204 g/mol. The zero-order valence-corrected chi connectivity index (χ0v) is 9.52. The van der Waals surface area contributed by atoms with Crippen molar-refractivity contribution in [3.8, 4) is 5.75 Å². The number of pyridine rings is 1. The van der Waals surface area contributed by atoms with Gasteiger partial charge in [-0.2, -0.15) is 0 Å². The van der Waals surface area contributed by atoms with E-state index in [1.165, 1.54) is 6.20 Å². The lowest BCUT2D eigenvalue weighted by atomic mass is 9.89. The minimum absolute atomic E-state index is 0.212. The smallest absolute Gasteiger partial charge is 0.133 e. The van der Waals surface area contributed by atoms with E-state index in [1.807, 2.05) is 13.0 Å². The fourth-order valence-electron chi connectivity index (χ4n) is 1.87. The number of aromatic hydroxyl groups is 1. The van der Waals surface area contributed by atoms with Crippen LogP contribution in [0.3, 0.4) is 0 Å². The summed E-state index contributed by atoms with van der Waals surface area (Å²) in [5.41, 5.74) is 0.956. The predicted molar refractivity (Wildman–Crippen MR) is 61.2 cm³/mol. The molecule has 0 atom stereocenters. The van der Waals surface area contributed by atoms with Crippen molar-refractivity contribution >= 4 is 0 Å². The van der Waals surface area contributed by atoms with Crippen molar-refractivity contribution in [2.45, 2.75) is 38.5 Å². The topological polar surface area (TPSA) is 54.4 Å². The first-order chi connectivity index (χ1) is 7.78. The van der Waals surface area contributed by atoms with Crippen molar-refractivity contribution in [1.29, 1.82) is 0 Å². The summed E-state index contributed by atoms with van der Waals surface area (Å²) in [7, 11) is 0. The quantitative estimate of drug-likeness (QED) is 0.791. The minimum Gasteiger partial charge on any atom is -0.506 e. The zero-order valence-electron chi connectivity index (χ0n) is 9.52. The highest BCUT2D eigenvalue weighted by Crippen LogP contribution is 2.23. The molecule has 1 aliphatic rings. The van der Waals surface area contributed by atoms with Gasteiger partial charge in [0.1, 0.15) is 5.75 Å². The van der Waals surface area contributed by atoms with Gasteiger partial charge in [0.25, 0.3) is 0 Å². The van der Waals surface area contributed by atoms with Crippen LogP contribution in [-0.4, -0.2) is 28.8 Å². The Kier molecular flexibility index (Phi) is 3.74. The molecule has 0 aromatic carbocycles. The van der Waals surface area contributed by atoms with Crippen molar-refractivity contribution in [3.05, 3.63) is 24.0 Å². The third-order valence-electron chi connectivity index (χ3n) is 2.88. The molecule has 4 nitrogen and oxygen atoms in total. The predicted octanol–water partition coefficient (Wildman–Crippen LogP) is 1.44. The van der Waals surface area contributed by atoms with Crippen LogP contribution in [0.5, 0.6) is 5.75 Å². The van der Waals surface area contributed by atoms with Crippen LogP contribution in [-0.2, 0) is 11.3 Å². The Morgan fingerprint density at radius 1 is 1.50 bits per heavy atom. The largest absolute Gasteiger partial charge is 0.506 e. The molecule has 0 bridgehead atoms. The van der Waals surface area contributed by atoms with Crippen LogP contribution < -0.4 is 5.32 Å². The number of hydrogen-bond acceptors (Lipinski definition) is 4. The molecule has 0 spiro atoms. The normalized spacial score (nSPS) is 24.1. The number of ether oxygens (including phenoxy) is 1. The number of nitrogens with zero attached hydrogens (tertiary/aromatic N) is 1. The van der Waals surface area contributed by atoms with Crippen LogP contribution in [0.2, 0.25) is 0 Å². The van der Waals surface area contributed by atoms with Gasteiger partial charge in [0.05, 0.1) is 18.0 Å². The van der Waals surface area contributed by atoms with E-state index in [4.69, 9.17) is 9.84 Å². The van der Waals surface area contributed by atoms with Gasteiger partial charge in [-0.25, -0.2) is 0 Å². The SMILES string of the molecule is CCOC1CC(NCc2ccc(O)cn2)C1. The van der Waals surface area contributed by atoms with Crippen LogP contribution in [0.15, 0.2) is 18.3 Å². The maximum absolute atomic E-state index is 9.09. The van der Waals surface area contributed by atoms with E-state index in [0.717, 1.165) is 31.7 Å². The van der Waals surface area contributed by atoms with Crippen molar-refractivity contribution in [2.24, 2.45) is 0 Å². The first-order valence-corrected chi connectivity index (χ1v) is 5.77. The Bertz CT molecular complexity index is 320. The van der Waals surface area contributed by atoms with Crippen LogP contribution in [0.1, 0.15) is 25.5 Å². The molecule has 88 valence electrons. The van der Waals surface area contributed by atoms with E-state index in [1.54, 1.807) is 6.07 Å². The van der Waals surface area contributed by atoms with Crippen molar-refractivity contribution < 1.29 is 9.84 Å². The summed E-state index contributed by atoms with van der Waals surface area (Å²) in [6.45, 7) is 3.59. The summed E-state index contributed by atoms with van der Waals surface area (Å²) in [5, 5.41) is 12.5. The zero-order chi connectivity index (χ0) is 11.4. The number of rotatable bonds is 5. The second kappa shape index (κ2) is 5.27. The third-order valence-corrected chi connectivity index (χ3v) is 2.88. The first kappa shape index (κ1) is 11.4. The highest BCUT2D eigenvalue weighted by atomic mass is 16.5. The Labute approximate surface area is 95.7 Å². The van der Waals surface area contributed by atoms with Crippen LogP contribution in [0.4, 0.5) is 0 Å². The lowest BCUT2D eigenvalue weighted by molar-refractivity contribution is -0.0103. The summed E-state index contributed by atoms with van der Waals surface area (Å²) in [6, 6.07) is 4.04. The van der Waals surface area contributed by atoms with Crippen LogP contribution in [0.25, 0.3) is 0 Å². The highest BCUT2D eigenvalue weighted by molar-refractivity contribution is 5.17. The van der Waals surface area contributed by atoms with Gasteiger partial charge in [-0.3, -0.25) is 4.98 Å². The maximum Gasteiger partial charge on any atom is 0.133 e. The van der Waals surface area contributed by atoms with Gasteiger partial charge in [-0.05, 0) is 31.9 Å². The first-order valence-electron chi connectivity index (χ1n) is 5.77. The van der Waals surface area contributed by atoms with Crippen molar-refractivity contribution in [3.63, 3.8) is 0 Å². The third kappa shape index (κ3) is 2.93. The van der Waals surface area contributed by atoms with Gasteiger partial charge >= 0.3 is 0 Å². The van der Waals surface area contributed by atoms with E-state index in [9.17, 15) is 0 Å². The molecule has 2 N–H and O–H groups in total. The molecule has 4 heteroatoms. The number of hydrogen-bond donors (Lipinski definition) is 2. The van der Waals surface area contributed by atoms with E-state index in [-0.39, 0.29) is 5.75 Å². The van der Waals surface area contributed by atoms with Gasteiger partial charge in [-0.15, -0.1) is 0 Å². The average Bonchev–Trinajstić information content (AvgIpc) is 2.24. The fraction of sp³-hybridized carbons (Fsp3) is 0.583. The standard InChI is InChI=1S/C12H18N2O2/c1-2-16-12-5-10(6-12)13-7-9-3-4-11(15)8-14-9/h3-4,8,10,12-13,15H,2,5-7H2,1H3. The molecule has 1 aliphatic carbocycles. The monoisotopic (exact) mass is 222 g/mol. The van der Waals surface area contributed by atoms with Crippen LogP contribution in [0, 0.1) is 0 Å². The molecule has 1 saturated carbocycles. The average molecular weight is 222 g/mol. The highest BCUT2D eigenvalue weighted by Gasteiger charge is 2.28. The molecule has 1 aromatic heterocycles. The summed E-state index contributed by atoms with van der Waals surface area (Å²) < 4.78 is 5.49. The van der Waals surface area contributed by atoms with E-state index in [0.29, 0.717) is 12.1 Å². The summed E-state index contributed by atoms with van der Waals surface area (Å²) in [4.78, 5) is 4.12. The number of nitrogens with one attached hydrogen (secondary N) is 1. The molecule has 16 heavy (non-hydrogen) atoms. The molecule has 1 heterocycles. The van der Waals surface area contributed by atoms with Gasteiger partial charge in [0, 0.05) is 19.2 Å². The molecule has 2 rings (SSSR count). The maximum atomic E-state index is 9.09. The van der Waals surface area contributed by atoms with E-state index < -0.39 is 0 Å². The van der Waals surface area contributed by atoms with Crippen molar-refractivity contribution in [2.75, 3.05) is 6.61 Å². The lowest BCUT2D eigenvalue weighted by Gasteiger charge is -2.35. The van der Waals surface area contributed by atoms with Gasteiger partial charge < -0.3 is 15.2 Å². The Morgan fingerprint density at radius 2 is 2.31 bits per heavy atom.